The number of amides is 1. The SMILES string of the molecule is C=CCOc1ccc(/C(O)=C2/C(=O)C(=O)N(CCCOC)C2c2cccc(OC)c2)cc1. The van der Waals surface area contributed by atoms with Gasteiger partial charge in [-0.2, -0.15) is 0 Å². The molecule has 0 aromatic heterocycles. The number of hydrogen-bond donors (Lipinski definition) is 1. The molecule has 1 saturated heterocycles. The summed E-state index contributed by atoms with van der Waals surface area (Å²) < 4.78 is 15.9. The molecular weight excluding hydrogens is 410 g/mol. The van der Waals surface area contributed by atoms with E-state index in [1.807, 2.05) is 6.07 Å². The van der Waals surface area contributed by atoms with E-state index in [-0.39, 0.29) is 11.3 Å². The lowest BCUT2D eigenvalue weighted by molar-refractivity contribution is -0.140. The molecular formula is C25H27NO6. The molecule has 1 aliphatic rings. The van der Waals surface area contributed by atoms with Crippen LogP contribution in [0.5, 0.6) is 11.5 Å². The van der Waals surface area contributed by atoms with Gasteiger partial charge in [0.2, 0.25) is 0 Å². The Balaban J connectivity index is 2.06. The van der Waals surface area contributed by atoms with Gasteiger partial charge in [0.25, 0.3) is 11.7 Å². The molecule has 1 fully saturated rings. The number of likely N-dealkylation sites (tertiary alicyclic amines) is 1. The van der Waals surface area contributed by atoms with Crippen molar-refractivity contribution in [3.63, 3.8) is 0 Å². The predicted octanol–water partition coefficient (Wildman–Crippen LogP) is 3.72. The first-order chi connectivity index (χ1) is 15.5. The lowest BCUT2D eigenvalue weighted by atomic mass is 9.95. The normalized spacial score (nSPS) is 17.4. The Labute approximate surface area is 187 Å². The molecule has 0 saturated carbocycles. The summed E-state index contributed by atoms with van der Waals surface area (Å²) in [6.07, 6.45) is 2.19. The van der Waals surface area contributed by atoms with Crippen molar-refractivity contribution >= 4 is 17.4 Å². The van der Waals surface area contributed by atoms with Crippen molar-refractivity contribution in [2.24, 2.45) is 0 Å². The molecule has 0 aliphatic carbocycles. The monoisotopic (exact) mass is 437 g/mol. The first-order valence-electron chi connectivity index (χ1n) is 10.3. The summed E-state index contributed by atoms with van der Waals surface area (Å²) in [5.41, 5.74) is 1.13. The van der Waals surface area contributed by atoms with Crippen LogP contribution in [0.2, 0.25) is 0 Å². The van der Waals surface area contributed by atoms with E-state index in [1.54, 1.807) is 62.8 Å². The second kappa shape index (κ2) is 10.6. The van der Waals surface area contributed by atoms with Gasteiger partial charge in [-0.3, -0.25) is 9.59 Å². The predicted molar refractivity (Wildman–Crippen MR) is 121 cm³/mol. The minimum atomic E-state index is -0.737. The van der Waals surface area contributed by atoms with E-state index in [9.17, 15) is 14.7 Å². The number of hydrogen-bond acceptors (Lipinski definition) is 6. The maximum absolute atomic E-state index is 13.0. The van der Waals surface area contributed by atoms with Crippen LogP contribution in [-0.4, -0.2) is 55.7 Å². The molecule has 2 aromatic rings. The van der Waals surface area contributed by atoms with Gasteiger partial charge in [0.1, 0.15) is 23.9 Å². The number of aliphatic hydroxyl groups excluding tert-OH is 1. The van der Waals surface area contributed by atoms with E-state index in [1.165, 1.54) is 4.90 Å². The second-order valence-electron chi connectivity index (χ2n) is 7.24. The largest absolute Gasteiger partial charge is 0.507 e. The van der Waals surface area contributed by atoms with Crippen LogP contribution >= 0.6 is 0 Å². The molecule has 32 heavy (non-hydrogen) atoms. The summed E-state index contributed by atoms with van der Waals surface area (Å²) in [7, 11) is 3.13. The summed E-state index contributed by atoms with van der Waals surface area (Å²) in [6.45, 7) is 4.72. The molecule has 0 bridgehead atoms. The van der Waals surface area contributed by atoms with Crippen molar-refractivity contribution < 1.29 is 28.9 Å². The van der Waals surface area contributed by atoms with E-state index < -0.39 is 17.7 Å². The summed E-state index contributed by atoms with van der Waals surface area (Å²) in [6, 6.07) is 13.1. The molecule has 1 N–H and O–H groups in total. The van der Waals surface area contributed by atoms with Crippen LogP contribution in [0.1, 0.15) is 23.6 Å². The maximum Gasteiger partial charge on any atom is 0.295 e. The number of nitrogens with zero attached hydrogens (tertiary/aromatic N) is 1. The molecule has 1 atom stereocenters. The molecule has 0 radical (unpaired) electrons. The van der Waals surface area contributed by atoms with Crippen LogP contribution in [0.15, 0.2) is 66.8 Å². The Morgan fingerprint density at radius 2 is 1.88 bits per heavy atom. The molecule has 1 amide bonds. The number of carbonyl (C=O) groups excluding carboxylic acids is 2. The van der Waals surface area contributed by atoms with Gasteiger partial charge in [0, 0.05) is 25.8 Å². The smallest absolute Gasteiger partial charge is 0.295 e. The zero-order valence-electron chi connectivity index (χ0n) is 18.2. The van der Waals surface area contributed by atoms with Crippen LogP contribution < -0.4 is 9.47 Å². The molecule has 3 rings (SSSR count). The van der Waals surface area contributed by atoms with Gasteiger partial charge >= 0.3 is 0 Å². The third-order valence-corrected chi connectivity index (χ3v) is 5.19. The topological polar surface area (TPSA) is 85.3 Å². The molecule has 1 unspecified atom stereocenters. The highest BCUT2D eigenvalue weighted by atomic mass is 16.5. The Bertz CT molecular complexity index is 1010. The standard InChI is InChI=1S/C25H27NO6/c1-4-14-32-19-11-9-17(10-12-19)23(27)21-22(18-7-5-8-20(16-18)31-3)26(13-6-15-30-2)25(29)24(21)28/h4-5,7-12,16,22,27H,1,6,13-15H2,2-3H3/b23-21-. The van der Waals surface area contributed by atoms with E-state index >= 15 is 0 Å². The molecule has 7 heteroatoms. The summed E-state index contributed by atoms with van der Waals surface area (Å²) in [5, 5.41) is 11.1. The van der Waals surface area contributed by atoms with Crippen LogP contribution in [0.4, 0.5) is 0 Å². The maximum atomic E-state index is 13.0. The third-order valence-electron chi connectivity index (χ3n) is 5.19. The van der Waals surface area contributed by atoms with Crippen molar-refractivity contribution in [2.45, 2.75) is 12.5 Å². The average molecular weight is 437 g/mol. The number of carbonyl (C=O) groups is 2. The Hall–Kier alpha value is -3.58. The van der Waals surface area contributed by atoms with Gasteiger partial charge in [-0.1, -0.05) is 24.8 Å². The molecule has 0 spiro atoms. The Morgan fingerprint density at radius 3 is 2.53 bits per heavy atom. The summed E-state index contributed by atoms with van der Waals surface area (Å²) in [5.74, 6) is -0.415. The van der Waals surface area contributed by atoms with Gasteiger partial charge < -0.3 is 24.2 Å². The van der Waals surface area contributed by atoms with Gasteiger partial charge in [0.05, 0.1) is 18.7 Å². The van der Waals surface area contributed by atoms with Crippen molar-refractivity contribution in [2.75, 3.05) is 34.0 Å². The quantitative estimate of drug-likeness (QED) is 0.201. The number of benzene rings is 2. The summed E-state index contributed by atoms with van der Waals surface area (Å²) in [4.78, 5) is 27.4. The molecule has 168 valence electrons. The van der Waals surface area contributed by atoms with Crippen LogP contribution in [0.25, 0.3) is 5.76 Å². The number of ketones is 1. The average Bonchev–Trinajstić information content (AvgIpc) is 3.08. The second-order valence-corrected chi connectivity index (χ2v) is 7.24. The van der Waals surface area contributed by atoms with Gasteiger partial charge in [-0.25, -0.2) is 0 Å². The molecule has 1 heterocycles. The van der Waals surface area contributed by atoms with Crippen molar-refractivity contribution in [1.29, 1.82) is 0 Å². The van der Waals surface area contributed by atoms with Crippen molar-refractivity contribution in [1.82, 2.24) is 4.90 Å². The van der Waals surface area contributed by atoms with Gasteiger partial charge in [-0.15, -0.1) is 0 Å². The number of rotatable bonds is 10. The van der Waals surface area contributed by atoms with Crippen LogP contribution in [-0.2, 0) is 14.3 Å². The van der Waals surface area contributed by atoms with E-state index in [0.717, 1.165) is 0 Å². The highest BCUT2D eigenvalue weighted by molar-refractivity contribution is 6.46. The first-order valence-corrected chi connectivity index (χ1v) is 10.3. The van der Waals surface area contributed by atoms with Crippen LogP contribution in [0, 0.1) is 0 Å². The fourth-order valence-electron chi connectivity index (χ4n) is 3.67. The van der Waals surface area contributed by atoms with E-state index in [0.29, 0.717) is 48.8 Å². The summed E-state index contributed by atoms with van der Waals surface area (Å²) >= 11 is 0. The fourth-order valence-corrected chi connectivity index (χ4v) is 3.67. The highest BCUT2D eigenvalue weighted by Gasteiger charge is 2.45. The lowest BCUT2D eigenvalue weighted by Gasteiger charge is -2.25. The molecule has 2 aromatic carbocycles. The molecule has 1 aliphatic heterocycles. The van der Waals surface area contributed by atoms with Gasteiger partial charge in [-0.05, 0) is 48.4 Å². The number of methoxy groups -OCH3 is 2. The zero-order valence-corrected chi connectivity index (χ0v) is 18.2. The van der Waals surface area contributed by atoms with Crippen molar-refractivity contribution in [3.8, 4) is 11.5 Å². The van der Waals surface area contributed by atoms with Gasteiger partial charge in [0.15, 0.2) is 0 Å². The van der Waals surface area contributed by atoms with Crippen molar-refractivity contribution in [3.05, 3.63) is 77.9 Å². The first kappa shape index (κ1) is 23.1. The zero-order chi connectivity index (χ0) is 23.1. The van der Waals surface area contributed by atoms with E-state index in [4.69, 9.17) is 14.2 Å². The minimum absolute atomic E-state index is 0.0421. The Kier molecular flexibility index (Phi) is 7.68. The highest BCUT2D eigenvalue weighted by Crippen LogP contribution is 2.40. The number of Topliss-reactive ketones (excluding diaryl/α,β-unsaturated/α-hetero) is 1. The fraction of sp³-hybridized carbons (Fsp3) is 0.280. The molecule has 7 nitrogen and oxygen atoms in total. The lowest BCUT2D eigenvalue weighted by Crippen LogP contribution is -2.31. The third kappa shape index (κ3) is 4.84. The number of aliphatic hydroxyl groups is 1. The number of ether oxygens (including phenoxy) is 3. The van der Waals surface area contributed by atoms with E-state index in [2.05, 4.69) is 6.58 Å². The van der Waals surface area contributed by atoms with Crippen LogP contribution in [0.3, 0.4) is 0 Å². The minimum Gasteiger partial charge on any atom is -0.507 e. The Morgan fingerprint density at radius 1 is 1.12 bits per heavy atom.